The molecule has 3 aromatic rings. The number of unbranched alkanes of at least 4 members (excludes halogenated alkanes) is 2. The minimum absolute atomic E-state index is 0. The number of hydrogen-bond donors (Lipinski definition) is 5. The first-order valence-electron chi connectivity index (χ1n) is 17.2. The number of benzene rings is 3. The predicted octanol–water partition coefficient (Wildman–Crippen LogP) is -5.83. The van der Waals surface area contributed by atoms with E-state index in [2.05, 4.69) is 16.0 Å². The Labute approximate surface area is 363 Å². The van der Waals surface area contributed by atoms with Gasteiger partial charge in [0.1, 0.15) is 24.8 Å². The van der Waals surface area contributed by atoms with Crippen LogP contribution < -0.4 is 85.3 Å². The van der Waals surface area contributed by atoms with Crippen LogP contribution in [0.2, 0.25) is 0 Å². The third kappa shape index (κ3) is 14.6. The van der Waals surface area contributed by atoms with Gasteiger partial charge >= 0.3 is 65.2 Å². The number of carboxylic acid groups (broad SMARTS) is 2. The van der Waals surface area contributed by atoms with E-state index in [0.717, 1.165) is 18.1 Å². The first-order chi connectivity index (χ1) is 25.4. The van der Waals surface area contributed by atoms with Gasteiger partial charge in [-0.05, 0) is 48.1 Å². The van der Waals surface area contributed by atoms with Crippen molar-refractivity contribution in [3.8, 4) is 11.1 Å². The molecule has 284 valence electrons. The summed E-state index contributed by atoms with van der Waals surface area (Å²) in [6.45, 7) is 0.218. The second kappa shape index (κ2) is 23.7. The van der Waals surface area contributed by atoms with Gasteiger partial charge in [0, 0.05) is 31.4 Å². The molecule has 6 atom stereocenters. The molecule has 55 heavy (non-hydrogen) atoms. The van der Waals surface area contributed by atoms with Crippen molar-refractivity contribution < 1.29 is 118 Å². The first-order valence-corrected chi connectivity index (χ1v) is 17.2. The van der Waals surface area contributed by atoms with Crippen LogP contribution in [0.3, 0.4) is 0 Å². The molecule has 1 saturated heterocycles. The van der Waals surface area contributed by atoms with Gasteiger partial charge in [-0.3, -0.25) is 9.59 Å². The van der Waals surface area contributed by atoms with Gasteiger partial charge in [-0.15, -0.1) is 0 Å². The molecular weight excluding hydrogens is 736 g/mol. The van der Waals surface area contributed by atoms with Gasteiger partial charge in [0.2, 0.25) is 11.7 Å². The van der Waals surface area contributed by atoms with E-state index in [1.807, 2.05) is 30.3 Å². The molecule has 3 aromatic carbocycles. The second-order valence-corrected chi connectivity index (χ2v) is 12.6. The Morgan fingerprint density at radius 3 is 2.07 bits per heavy atom. The molecule has 1 fully saturated rings. The van der Waals surface area contributed by atoms with Gasteiger partial charge in [-0.1, -0.05) is 79.2 Å². The number of nitrogens with one attached hydrogen (secondary N) is 3. The molecule has 0 bridgehead atoms. The summed E-state index contributed by atoms with van der Waals surface area (Å²) < 4.78 is 16.8. The fourth-order valence-electron chi connectivity index (χ4n) is 5.90. The molecule has 0 aliphatic carbocycles. The van der Waals surface area contributed by atoms with E-state index in [4.69, 9.17) is 14.2 Å². The SMILES string of the molecule is CC(=O)N[C@H]1[C@H]([C@H](O)[C@H](O)CNC(=O)c2ccc(-c3ccccc3)cc2)O[C@@](OCCCCCC(=O)[O-])(C(=O)[O-])C[C@@H]1NC(=O)OCc1ccccc1.[Na+].[Na+]. The fourth-order valence-corrected chi connectivity index (χ4v) is 5.90. The molecule has 0 spiro atoms. The Morgan fingerprint density at radius 2 is 1.47 bits per heavy atom. The summed E-state index contributed by atoms with van der Waals surface area (Å²) in [4.78, 5) is 61.8. The number of rotatable bonds is 18. The van der Waals surface area contributed by atoms with Crippen LogP contribution in [0.25, 0.3) is 11.1 Å². The monoisotopic (exact) mass is 779 g/mol. The average Bonchev–Trinajstić information content (AvgIpc) is 3.15. The first kappa shape index (κ1) is 47.8. The smallest absolute Gasteiger partial charge is 0.550 e. The molecule has 0 aromatic heterocycles. The molecule has 5 N–H and O–H groups in total. The number of aliphatic hydroxyl groups excluding tert-OH is 2. The largest absolute Gasteiger partial charge is 1.00 e. The number of carboxylic acids is 2. The molecule has 15 nitrogen and oxygen atoms in total. The predicted molar refractivity (Wildman–Crippen MR) is 184 cm³/mol. The van der Waals surface area contributed by atoms with Gasteiger partial charge in [-0.2, -0.15) is 0 Å². The standard InChI is InChI=1S/C38H45N3O12.2Na/c1-24(42)40-32-29(41-37(50)51-23-25-11-5-2-6-12-25)21-38(36(48)49,52-20-10-4-9-15-31(44)45)53-34(32)33(46)30(43)22-39-35(47)28-18-16-27(17-19-28)26-13-7-3-8-14-26;;/h2-3,5-8,11-14,16-19,29-30,32-34,43,46H,4,9-10,15,20-23H2,1H3,(H,39,47)(H,40,42)(H,41,50)(H,44,45)(H,48,49);;/q;2*+1/p-2/t29-,30+,32+,33+,34+,38+;;/m0../s1. The molecule has 1 aliphatic rings. The van der Waals surface area contributed by atoms with Crippen molar-refractivity contribution in [2.24, 2.45) is 0 Å². The topological polar surface area (TPSA) is 236 Å². The maximum Gasteiger partial charge on any atom is 1.00 e. The van der Waals surface area contributed by atoms with Gasteiger partial charge in [0.05, 0.1) is 24.8 Å². The van der Waals surface area contributed by atoms with Crippen molar-refractivity contribution in [2.75, 3.05) is 13.2 Å². The summed E-state index contributed by atoms with van der Waals surface area (Å²) in [5, 5.41) is 53.6. The summed E-state index contributed by atoms with van der Waals surface area (Å²) in [6.07, 6.45) is -6.56. The van der Waals surface area contributed by atoms with E-state index in [-0.39, 0.29) is 97.2 Å². The van der Waals surface area contributed by atoms with Crippen molar-refractivity contribution >= 4 is 29.8 Å². The summed E-state index contributed by atoms with van der Waals surface area (Å²) >= 11 is 0. The normalized spacial score (nSPS) is 19.9. The number of hydrogen-bond acceptors (Lipinski definition) is 12. The number of aliphatic hydroxyl groups is 2. The van der Waals surface area contributed by atoms with E-state index in [1.165, 1.54) is 0 Å². The van der Waals surface area contributed by atoms with E-state index in [0.29, 0.717) is 12.0 Å². The molecule has 0 unspecified atom stereocenters. The van der Waals surface area contributed by atoms with Gasteiger partial charge in [0.15, 0.2) is 0 Å². The summed E-state index contributed by atoms with van der Waals surface area (Å²) in [7, 11) is 0. The average molecular weight is 780 g/mol. The molecule has 0 radical (unpaired) electrons. The van der Waals surface area contributed by atoms with E-state index < -0.39 is 79.0 Å². The van der Waals surface area contributed by atoms with Crippen molar-refractivity contribution in [3.05, 3.63) is 96.1 Å². The van der Waals surface area contributed by atoms with Gasteiger partial charge in [-0.25, -0.2) is 4.79 Å². The van der Waals surface area contributed by atoms with Crippen LogP contribution in [-0.2, 0) is 35.2 Å². The zero-order valence-corrected chi connectivity index (χ0v) is 35.1. The number of alkyl carbamates (subject to hydrolysis) is 1. The molecule has 3 amide bonds. The molecule has 1 aliphatic heterocycles. The van der Waals surface area contributed by atoms with Crippen LogP contribution in [0.1, 0.15) is 54.9 Å². The molecule has 0 saturated carbocycles. The zero-order valence-electron chi connectivity index (χ0n) is 31.1. The zero-order chi connectivity index (χ0) is 38.4. The van der Waals surface area contributed by atoms with Crippen LogP contribution in [0.15, 0.2) is 84.9 Å². The van der Waals surface area contributed by atoms with E-state index >= 15 is 0 Å². The Kier molecular flexibility index (Phi) is 20.6. The van der Waals surface area contributed by atoms with Gasteiger partial charge in [0.25, 0.3) is 5.91 Å². The van der Waals surface area contributed by atoms with Gasteiger partial charge < -0.3 is 60.2 Å². The second-order valence-electron chi connectivity index (χ2n) is 12.6. The summed E-state index contributed by atoms with van der Waals surface area (Å²) in [5.74, 6) is -6.95. The Morgan fingerprint density at radius 1 is 0.855 bits per heavy atom. The third-order valence-corrected chi connectivity index (χ3v) is 8.62. The van der Waals surface area contributed by atoms with Crippen LogP contribution in [-0.4, -0.2) is 89.4 Å². The maximum atomic E-state index is 13.0. The molecular formula is C38H43N3Na2O12. The summed E-state index contributed by atoms with van der Waals surface area (Å²) in [5.41, 5.74) is 2.74. The van der Waals surface area contributed by atoms with E-state index in [1.54, 1.807) is 54.6 Å². The van der Waals surface area contributed by atoms with Crippen LogP contribution >= 0.6 is 0 Å². The van der Waals surface area contributed by atoms with Crippen molar-refractivity contribution in [1.82, 2.24) is 16.0 Å². The summed E-state index contributed by atoms with van der Waals surface area (Å²) in [6, 6.07) is 22.2. The number of carbonyl (C=O) groups is 5. The Hall–Kier alpha value is -3.35. The minimum Gasteiger partial charge on any atom is -0.550 e. The van der Waals surface area contributed by atoms with Crippen molar-refractivity contribution in [2.45, 2.75) is 81.8 Å². The number of carbonyl (C=O) groups excluding carboxylic acids is 5. The quantitative estimate of drug-likeness (QED) is 0.0600. The van der Waals surface area contributed by atoms with Crippen LogP contribution in [0, 0.1) is 0 Å². The van der Waals surface area contributed by atoms with E-state index in [9.17, 15) is 44.4 Å². The van der Waals surface area contributed by atoms with Crippen LogP contribution in [0.4, 0.5) is 4.79 Å². The maximum absolute atomic E-state index is 13.0. The number of amides is 3. The Balaban J connectivity index is 0.00000523. The molecule has 1 heterocycles. The van der Waals surface area contributed by atoms with Crippen LogP contribution in [0.5, 0.6) is 0 Å². The molecule has 4 rings (SSSR count). The van der Waals surface area contributed by atoms with Crippen molar-refractivity contribution in [3.63, 3.8) is 0 Å². The third-order valence-electron chi connectivity index (χ3n) is 8.62. The Bertz CT molecular complexity index is 1690. The number of ether oxygens (including phenoxy) is 3. The fraction of sp³-hybridized carbons (Fsp3) is 0.395. The molecule has 17 heteroatoms. The number of aliphatic carboxylic acids is 2. The minimum atomic E-state index is -2.62. The van der Waals surface area contributed by atoms with Crippen molar-refractivity contribution in [1.29, 1.82) is 0 Å².